The van der Waals surface area contributed by atoms with E-state index in [9.17, 15) is 15.0 Å². The standard InChI is InChI=1S/C23H23N3O3/c1-11(2)20(23(28)29)25-22-17(27)7-6-16-19(22)18-12(3)15-10-26(5)9-8-14(15)13(4)21(18)24-16/h6-11H,1-5H3,(H2,27,28,29)/p+1. The first-order valence-electron chi connectivity index (χ1n) is 9.58. The van der Waals surface area contributed by atoms with Gasteiger partial charge in [-0.15, -0.1) is 0 Å². The van der Waals surface area contributed by atoms with Crippen LogP contribution in [0.5, 0.6) is 5.75 Å². The number of aliphatic imine (C=N–C) groups is 1. The molecule has 0 saturated heterocycles. The van der Waals surface area contributed by atoms with E-state index >= 15 is 0 Å². The van der Waals surface area contributed by atoms with Gasteiger partial charge in [0.2, 0.25) is 0 Å². The Morgan fingerprint density at radius 3 is 2.48 bits per heavy atom. The molecule has 0 aliphatic heterocycles. The second kappa shape index (κ2) is 6.58. The van der Waals surface area contributed by atoms with Gasteiger partial charge in [-0.25, -0.2) is 14.4 Å². The number of hydrogen-bond acceptors (Lipinski definition) is 3. The fourth-order valence-corrected chi connectivity index (χ4v) is 4.07. The van der Waals surface area contributed by atoms with E-state index in [1.165, 1.54) is 0 Å². The minimum Gasteiger partial charge on any atom is -0.506 e. The summed E-state index contributed by atoms with van der Waals surface area (Å²) < 4.78 is 2.01. The number of aromatic amines is 1. The van der Waals surface area contributed by atoms with Crippen LogP contribution in [0, 0.1) is 19.8 Å². The molecule has 29 heavy (non-hydrogen) atoms. The number of aromatic hydroxyl groups is 1. The molecule has 6 heteroatoms. The SMILES string of the molecule is Cc1c2cc[n+](C)cc2c(C)c2c1[nH]c1ccc(O)c(N=C(C(=O)O)C(C)C)c12. The van der Waals surface area contributed by atoms with Gasteiger partial charge in [-0.05, 0) is 42.5 Å². The van der Waals surface area contributed by atoms with E-state index in [1.807, 2.05) is 23.9 Å². The maximum atomic E-state index is 11.7. The van der Waals surface area contributed by atoms with Crippen molar-refractivity contribution in [3.8, 4) is 5.75 Å². The van der Waals surface area contributed by atoms with Crippen molar-refractivity contribution >= 4 is 49.9 Å². The average molecular weight is 390 g/mol. The Kier molecular flexibility index (Phi) is 4.30. The number of aromatic nitrogens is 2. The number of benzene rings is 2. The number of carbonyl (C=O) groups is 1. The number of aryl methyl sites for hydroxylation is 3. The normalized spacial score (nSPS) is 12.6. The number of phenolic OH excluding ortho intramolecular Hbond substituents is 1. The minimum absolute atomic E-state index is 0.0173. The lowest BCUT2D eigenvalue weighted by Gasteiger charge is -2.10. The topological polar surface area (TPSA) is 89.6 Å². The lowest BCUT2D eigenvalue weighted by Crippen LogP contribution is -2.26. The molecule has 0 atom stereocenters. The average Bonchev–Trinajstić information content (AvgIpc) is 3.05. The summed E-state index contributed by atoms with van der Waals surface area (Å²) in [4.78, 5) is 19.6. The first-order valence-corrected chi connectivity index (χ1v) is 9.58. The summed E-state index contributed by atoms with van der Waals surface area (Å²) >= 11 is 0. The second-order valence-corrected chi connectivity index (χ2v) is 7.88. The molecule has 0 aliphatic rings. The van der Waals surface area contributed by atoms with Crippen molar-refractivity contribution in [3.05, 3.63) is 41.7 Å². The highest BCUT2D eigenvalue weighted by atomic mass is 16.4. The Morgan fingerprint density at radius 1 is 1.10 bits per heavy atom. The third-order valence-corrected chi connectivity index (χ3v) is 5.57. The number of fused-ring (bicyclic) bond motifs is 4. The molecular weight excluding hydrogens is 366 g/mol. The third-order valence-electron chi connectivity index (χ3n) is 5.57. The van der Waals surface area contributed by atoms with Crippen LogP contribution >= 0.6 is 0 Å². The molecule has 2 aromatic heterocycles. The number of carboxylic acids is 1. The van der Waals surface area contributed by atoms with Crippen LogP contribution < -0.4 is 4.57 Å². The third kappa shape index (κ3) is 2.83. The molecule has 0 unspecified atom stereocenters. The van der Waals surface area contributed by atoms with Crippen molar-refractivity contribution in [1.29, 1.82) is 0 Å². The van der Waals surface area contributed by atoms with Crippen molar-refractivity contribution in [2.75, 3.05) is 0 Å². The van der Waals surface area contributed by atoms with Crippen LogP contribution in [0.4, 0.5) is 5.69 Å². The zero-order valence-electron chi connectivity index (χ0n) is 17.2. The summed E-state index contributed by atoms with van der Waals surface area (Å²) in [5.41, 5.74) is 4.27. The molecule has 0 bridgehead atoms. The summed E-state index contributed by atoms with van der Waals surface area (Å²) in [6.45, 7) is 7.68. The quantitative estimate of drug-likeness (QED) is 0.357. The fourth-order valence-electron chi connectivity index (χ4n) is 4.07. The molecule has 6 nitrogen and oxygen atoms in total. The lowest BCUT2D eigenvalue weighted by atomic mass is 9.96. The number of aliphatic carboxylic acids is 1. The molecule has 4 aromatic rings. The van der Waals surface area contributed by atoms with Crippen LogP contribution in [0.25, 0.3) is 32.6 Å². The molecule has 2 aromatic carbocycles. The van der Waals surface area contributed by atoms with Gasteiger partial charge in [-0.3, -0.25) is 0 Å². The maximum Gasteiger partial charge on any atom is 0.350 e. The van der Waals surface area contributed by atoms with E-state index in [2.05, 4.69) is 36.1 Å². The Hall–Kier alpha value is -3.41. The first kappa shape index (κ1) is 18.9. The van der Waals surface area contributed by atoms with Gasteiger partial charge in [0.1, 0.15) is 24.2 Å². The van der Waals surface area contributed by atoms with Crippen molar-refractivity contribution in [2.45, 2.75) is 27.7 Å². The van der Waals surface area contributed by atoms with Crippen LogP contribution in [0.1, 0.15) is 25.0 Å². The van der Waals surface area contributed by atoms with Gasteiger partial charge in [0.25, 0.3) is 0 Å². The maximum absolute atomic E-state index is 11.7. The molecule has 4 rings (SSSR count). The monoisotopic (exact) mass is 390 g/mol. The predicted octanol–water partition coefficient (Wildman–Crippen LogP) is 4.43. The second-order valence-electron chi connectivity index (χ2n) is 7.88. The summed E-state index contributed by atoms with van der Waals surface area (Å²) in [5, 5.41) is 24.1. The Labute approximate surface area is 168 Å². The van der Waals surface area contributed by atoms with Gasteiger partial charge < -0.3 is 15.2 Å². The predicted molar refractivity (Wildman–Crippen MR) is 115 cm³/mol. The number of phenols is 1. The van der Waals surface area contributed by atoms with E-state index in [0.29, 0.717) is 5.69 Å². The number of hydrogen-bond donors (Lipinski definition) is 3. The zero-order valence-corrected chi connectivity index (χ0v) is 17.2. The van der Waals surface area contributed by atoms with Crippen LogP contribution in [0.15, 0.2) is 35.6 Å². The van der Waals surface area contributed by atoms with Crippen molar-refractivity contribution in [2.24, 2.45) is 18.0 Å². The van der Waals surface area contributed by atoms with Crippen LogP contribution in [0.3, 0.4) is 0 Å². The molecule has 0 radical (unpaired) electrons. The largest absolute Gasteiger partial charge is 0.506 e. The first-order chi connectivity index (χ1) is 13.7. The van der Waals surface area contributed by atoms with Gasteiger partial charge in [-0.2, -0.15) is 0 Å². The number of carboxylic acid groups (broad SMARTS) is 1. The number of rotatable bonds is 3. The molecular formula is C23H24N3O3+. The van der Waals surface area contributed by atoms with E-state index < -0.39 is 5.97 Å². The molecule has 0 amide bonds. The summed E-state index contributed by atoms with van der Waals surface area (Å²) in [6, 6.07) is 5.46. The van der Waals surface area contributed by atoms with Crippen LogP contribution in [0.2, 0.25) is 0 Å². The highest BCUT2D eigenvalue weighted by Gasteiger charge is 2.21. The van der Waals surface area contributed by atoms with Crippen molar-refractivity contribution in [1.82, 2.24) is 4.98 Å². The van der Waals surface area contributed by atoms with Crippen molar-refractivity contribution in [3.63, 3.8) is 0 Å². The smallest absolute Gasteiger partial charge is 0.350 e. The van der Waals surface area contributed by atoms with E-state index in [-0.39, 0.29) is 17.4 Å². The van der Waals surface area contributed by atoms with Gasteiger partial charge in [0, 0.05) is 33.7 Å². The van der Waals surface area contributed by atoms with E-state index in [4.69, 9.17) is 0 Å². The molecule has 148 valence electrons. The molecule has 0 aliphatic carbocycles. The summed E-state index contributed by atoms with van der Waals surface area (Å²) in [6.07, 6.45) is 4.10. The van der Waals surface area contributed by atoms with E-state index in [0.717, 1.165) is 43.7 Å². The number of H-pyrrole nitrogens is 1. The molecule has 3 N–H and O–H groups in total. The lowest BCUT2D eigenvalue weighted by molar-refractivity contribution is -0.670. The van der Waals surface area contributed by atoms with Gasteiger partial charge in [0.05, 0.1) is 5.52 Å². The highest BCUT2D eigenvalue weighted by Crippen LogP contribution is 2.43. The fraction of sp³-hybridized carbons (Fsp3) is 0.261. The van der Waals surface area contributed by atoms with Crippen molar-refractivity contribution < 1.29 is 19.6 Å². The van der Waals surface area contributed by atoms with Crippen LogP contribution in [-0.4, -0.2) is 26.9 Å². The number of nitrogens with one attached hydrogen (secondary N) is 1. The minimum atomic E-state index is -1.08. The molecule has 0 saturated carbocycles. The Morgan fingerprint density at radius 2 is 1.83 bits per heavy atom. The van der Waals surface area contributed by atoms with Crippen LogP contribution in [-0.2, 0) is 11.8 Å². The Balaban J connectivity index is 2.23. The molecule has 2 heterocycles. The Bertz CT molecular complexity index is 1350. The van der Waals surface area contributed by atoms with Gasteiger partial charge in [0.15, 0.2) is 12.4 Å². The molecule has 0 fully saturated rings. The van der Waals surface area contributed by atoms with E-state index in [1.54, 1.807) is 19.9 Å². The highest BCUT2D eigenvalue weighted by molar-refractivity contribution is 6.37. The number of pyridine rings is 1. The summed E-state index contributed by atoms with van der Waals surface area (Å²) in [7, 11) is 1.98. The summed E-state index contributed by atoms with van der Waals surface area (Å²) in [5.74, 6) is -1.40. The molecule has 0 spiro atoms. The van der Waals surface area contributed by atoms with Gasteiger partial charge >= 0.3 is 5.97 Å². The number of nitrogens with zero attached hydrogens (tertiary/aromatic N) is 2. The van der Waals surface area contributed by atoms with Gasteiger partial charge in [-0.1, -0.05) is 13.8 Å². The zero-order chi connectivity index (χ0) is 21.0.